The lowest BCUT2D eigenvalue weighted by molar-refractivity contribution is 0.0821. The molecule has 0 aliphatic heterocycles. The van der Waals surface area contributed by atoms with Gasteiger partial charge in [0.1, 0.15) is 5.82 Å². The molecule has 0 radical (unpaired) electrons. The fraction of sp³-hybridized carbons (Fsp3) is 0.588. The Morgan fingerprint density at radius 1 is 1.38 bits per heavy atom. The highest BCUT2D eigenvalue weighted by Gasteiger charge is 2.61. The molecule has 2 saturated carbocycles. The number of carbonyl (C=O) groups excluding carboxylic acids is 1. The van der Waals surface area contributed by atoms with Gasteiger partial charge in [-0.15, -0.1) is 0 Å². The summed E-state index contributed by atoms with van der Waals surface area (Å²) in [7, 11) is 0. The first-order valence-corrected chi connectivity index (χ1v) is 8.31. The molecule has 1 N–H and O–H groups in total. The largest absolute Gasteiger partial charge is 0.349 e. The summed E-state index contributed by atoms with van der Waals surface area (Å²) in [5.41, 5.74) is 0.448. The summed E-state index contributed by atoms with van der Waals surface area (Å²) in [6, 6.07) is 4.75. The zero-order valence-corrected chi connectivity index (χ0v) is 14.3. The molecule has 1 aromatic carbocycles. The van der Waals surface area contributed by atoms with E-state index in [1.54, 1.807) is 12.1 Å². The summed E-state index contributed by atoms with van der Waals surface area (Å²) in [4.78, 5) is 12.5. The van der Waals surface area contributed by atoms with E-state index < -0.39 is 5.82 Å². The van der Waals surface area contributed by atoms with Gasteiger partial charge in [-0.05, 0) is 64.1 Å². The summed E-state index contributed by atoms with van der Waals surface area (Å²) >= 11 is 3.27. The van der Waals surface area contributed by atoms with Gasteiger partial charge in [0.15, 0.2) is 0 Å². The van der Waals surface area contributed by atoms with Crippen LogP contribution in [0.15, 0.2) is 22.7 Å². The summed E-state index contributed by atoms with van der Waals surface area (Å²) in [5.74, 6) is -0.138. The second-order valence-corrected chi connectivity index (χ2v) is 8.09. The van der Waals surface area contributed by atoms with Crippen LogP contribution in [0.2, 0.25) is 0 Å². The zero-order valence-electron chi connectivity index (χ0n) is 12.7. The average Bonchev–Trinajstić information content (AvgIpc) is 2.71. The van der Waals surface area contributed by atoms with Crippen molar-refractivity contribution in [2.24, 2.45) is 16.7 Å². The number of fused-ring (bicyclic) bond motifs is 2. The van der Waals surface area contributed by atoms with Crippen LogP contribution in [0.5, 0.6) is 0 Å². The Kier molecular flexibility index (Phi) is 3.43. The average molecular weight is 354 g/mol. The highest BCUT2D eigenvalue weighted by molar-refractivity contribution is 9.10. The molecular formula is C17H21BrFNO. The van der Waals surface area contributed by atoms with Gasteiger partial charge in [0.05, 0.1) is 5.56 Å². The minimum absolute atomic E-state index is 0.102. The number of nitrogens with one attached hydrogen (secondary N) is 1. The van der Waals surface area contributed by atoms with Crippen LogP contribution in [-0.2, 0) is 0 Å². The Hall–Kier alpha value is -0.900. The summed E-state index contributed by atoms with van der Waals surface area (Å²) in [6.07, 6.45) is 3.37. The first-order chi connectivity index (χ1) is 9.77. The highest BCUT2D eigenvalue weighted by atomic mass is 79.9. The van der Waals surface area contributed by atoms with E-state index in [2.05, 4.69) is 42.0 Å². The predicted molar refractivity (Wildman–Crippen MR) is 84.6 cm³/mol. The van der Waals surface area contributed by atoms with Crippen molar-refractivity contribution < 1.29 is 9.18 Å². The van der Waals surface area contributed by atoms with Crippen LogP contribution in [0.25, 0.3) is 0 Å². The van der Waals surface area contributed by atoms with Gasteiger partial charge in [-0.3, -0.25) is 4.79 Å². The van der Waals surface area contributed by atoms with Crippen molar-refractivity contribution in [3.63, 3.8) is 0 Å². The van der Waals surface area contributed by atoms with Crippen LogP contribution in [-0.4, -0.2) is 11.9 Å². The molecule has 4 heteroatoms. The molecule has 0 spiro atoms. The number of halogens is 2. The summed E-state index contributed by atoms with van der Waals surface area (Å²) < 4.78 is 14.4. The van der Waals surface area contributed by atoms with Gasteiger partial charge >= 0.3 is 0 Å². The van der Waals surface area contributed by atoms with Crippen molar-refractivity contribution in [2.75, 3.05) is 0 Å². The summed E-state index contributed by atoms with van der Waals surface area (Å²) in [5, 5.41) is 3.10. The number of carbonyl (C=O) groups is 1. The Balaban J connectivity index is 1.84. The third kappa shape index (κ3) is 2.06. The molecule has 114 valence electrons. The molecule has 2 fully saturated rings. The molecular weight excluding hydrogens is 333 g/mol. The van der Waals surface area contributed by atoms with Crippen molar-refractivity contribution in [3.8, 4) is 0 Å². The Bertz CT molecular complexity index is 580. The zero-order chi connectivity index (χ0) is 15.4. The molecule has 0 saturated heterocycles. The van der Waals surface area contributed by atoms with Gasteiger partial charge in [0, 0.05) is 10.5 Å². The molecule has 3 atom stereocenters. The number of benzene rings is 1. The van der Waals surface area contributed by atoms with E-state index in [1.165, 1.54) is 12.5 Å². The van der Waals surface area contributed by atoms with Crippen LogP contribution >= 0.6 is 15.9 Å². The molecule has 0 aromatic heterocycles. The molecule has 21 heavy (non-hydrogen) atoms. The molecule has 2 aliphatic carbocycles. The third-order valence-electron chi connectivity index (χ3n) is 6.29. The molecule has 1 amide bonds. The minimum Gasteiger partial charge on any atom is -0.349 e. The maximum Gasteiger partial charge on any atom is 0.255 e. The predicted octanol–water partition coefficient (Wildman–Crippen LogP) is 4.53. The van der Waals surface area contributed by atoms with Gasteiger partial charge in [0.2, 0.25) is 0 Å². The maximum atomic E-state index is 13.9. The summed E-state index contributed by atoms with van der Waals surface area (Å²) in [6.45, 7) is 6.87. The van der Waals surface area contributed by atoms with Crippen molar-refractivity contribution >= 4 is 21.8 Å². The maximum absolute atomic E-state index is 13.9. The Morgan fingerprint density at radius 2 is 2.10 bits per heavy atom. The highest BCUT2D eigenvalue weighted by Crippen LogP contribution is 2.65. The number of hydrogen-bond donors (Lipinski definition) is 1. The molecule has 2 bridgehead atoms. The standard InChI is InChI=1S/C17H21BrFNO/c1-16(2)10-7-8-17(16,3)13(9-10)20-15(21)14-11(18)5-4-6-12(14)19/h4-6,10,13H,7-9H2,1-3H3,(H,20,21). The second-order valence-electron chi connectivity index (χ2n) is 7.23. The van der Waals surface area contributed by atoms with E-state index in [0.29, 0.717) is 10.4 Å². The smallest absolute Gasteiger partial charge is 0.255 e. The van der Waals surface area contributed by atoms with E-state index >= 15 is 0 Å². The van der Waals surface area contributed by atoms with Gasteiger partial charge < -0.3 is 5.32 Å². The quantitative estimate of drug-likeness (QED) is 0.831. The van der Waals surface area contributed by atoms with Crippen LogP contribution in [0.3, 0.4) is 0 Å². The molecule has 3 unspecified atom stereocenters. The van der Waals surface area contributed by atoms with E-state index in [1.807, 2.05) is 0 Å². The SMILES string of the molecule is CC1(C)C2CCC1(C)C(NC(=O)c1c(F)cccc1Br)C2. The topological polar surface area (TPSA) is 29.1 Å². The van der Waals surface area contributed by atoms with E-state index in [-0.39, 0.29) is 28.3 Å². The molecule has 0 heterocycles. The van der Waals surface area contributed by atoms with Gasteiger partial charge in [-0.1, -0.05) is 26.8 Å². The lowest BCUT2D eigenvalue weighted by Crippen LogP contribution is -2.47. The number of hydrogen-bond acceptors (Lipinski definition) is 1. The second kappa shape index (κ2) is 4.80. The monoisotopic (exact) mass is 353 g/mol. The first kappa shape index (κ1) is 15.0. The Morgan fingerprint density at radius 3 is 2.62 bits per heavy atom. The van der Waals surface area contributed by atoms with E-state index in [9.17, 15) is 9.18 Å². The van der Waals surface area contributed by atoms with Crippen LogP contribution in [0, 0.1) is 22.6 Å². The van der Waals surface area contributed by atoms with Gasteiger partial charge in [0.25, 0.3) is 5.91 Å². The minimum atomic E-state index is -0.477. The molecule has 1 aromatic rings. The first-order valence-electron chi connectivity index (χ1n) is 7.52. The normalized spacial score (nSPS) is 33.2. The molecule has 2 nitrogen and oxygen atoms in total. The van der Waals surface area contributed by atoms with Crippen molar-refractivity contribution in [1.29, 1.82) is 0 Å². The van der Waals surface area contributed by atoms with Crippen LogP contribution in [0.1, 0.15) is 50.4 Å². The molecule has 3 rings (SSSR count). The number of amides is 1. The third-order valence-corrected chi connectivity index (χ3v) is 6.95. The lowest BCUT2D eigenvalue weighted by Gasteiger charge is -2.39. The van der Waals surface area contributed by atoms with Crippen LogP contribution in [0.4, 0.5) is 4.39 Å². The Labute approximate surface area is 133 Å². The van der Waals surface area contributed by atoms with Crippen molar-refractivity contribution in [2.45, 2.75) is 46.1 Å². The van der Waals surface area contributed by atoms with Crippen molar-refractivity contribution in [3.05, 3.63) is 34.1 Å². The number of rotatable bonds is 2. The fourth-order valence-corrected chi connectivity index (χ4v) is 4.89. The van der Waals surface area contributed by atoms with Crippen molar-refractivity contribution in [1.82, 2.24) is 5.32 Å². The van der Waals surface area contributed by atoms with Gasteiger partial charge in [-0.2, -0.15) is 0 Å². The van der Waals surface area contributed by atoms with Crippen LogP contribution < -0.4 is 5.32 Å². The molecule has 2 aliphatic rings. The fourth-order valence-electron chi connectivity index (χ4n) is 4.37. The van der Waals surface area contributed by atoms with E-state index in [4.69, 9.17) is 0 Å². The van der Waals surface area contributed by atoms with Gasteiger partial charge in [-0.25, -0.2) is 4.39 Å². The lowest BCUT2D eigenvalue weighted by atomic mass is 9.69. The van der Waals surface area contributed by atoms with E-state index in [0.717, 1.165) is 12.8 Å².